The summed E-state index contributed by atoms with van der Waals surface area (Å²) >= 11 is 0. The number of carbonyl (C=O) groups excluding carboxylic acids is 1. The molecule has 0 saturated heterocycles. The number of benzene rings is 1. The lowest BCUT2D eigenvalue weighted by Gasteiger charge is -2.24. The van der Waals surface area contributed by atoms with Crippen molar-refractivity contribution < 1.29 is 14.3 Å². The fourth-order valence-corrected chi connectivity index (χ4v) is 1.81. The van der Waals surface area contributed by atoms with Gasteiger partial charge in [0, 0.05) is 18.7 Å². The zero-order valence-electron chi connectivity index (χ0n) is 12.7. The van der Waals surface area contributed by atoms with Crippen LogP contribution in [0.3, 0.4) is 0 Å². The number of nitrogens with one attached hydrogen (secondary N) is 1. The minimum Gasteiger partial charge on any atom is -0.492 e. The van der Waals surface area contributed by atoms with E-state index >= 15 is 0 Å². The van der Waals surface area contributed by atoms with Crippen LogP contribution in [0.15, 0.2) is 18.2 Å². The lowest BCUT2D eigenvalue weighted by atomic mass is 10.1. The normalized spacial score (nSPS) is 11.2. The molecule has 0 aliphatic carbocycles. The topological polar surface area (TPSA) is 73.6 Å². The van der Waals surface area contributed by atoms with Crippen molar-refractivity contribution in [3.8, 4) is 5.75 Å². The molecule has 0 bridgehead atoms. The number of rotatable bonds is 7. The first-order chi connectivity index (χ1) is 9.39. The van der Waals surface area contributed by atoms with Gasteiger partial charge in [0.15, 0.2) is 0 Å². The van der Waals surface area contributed by atoms with Crippen LogP contribution in [0.5, 0.6) is 5.75 Å². The number of anilines is 1. The highest BCUT2D eigenvalue weighted by Crippen LogP contribution is 2.22. The van der Waals surface area contributed by atoms with E-state index in [4.69, 9.17) is 15.2 Å². The molecule has 3 N–H and O–H groups in total. The number of nitrogens with two attached hydrogens (primary N) is 1. The molecule has 5 heteroatoms. The van der Waals surface area contributed by atoms with Crippen LogP contribution in [-0.2, 0) is 4.74 Å². The number of hydrogen-bond donors (Lipinski definition) is 2. The summed E-state index contributed by atoms with van der Waals surface area (Å²) in [6, 6.07) is 5.03. The molecule has 1 aromatic carbocycles. The summed E-state index contributed by atoms with van der Waals surface area (Å²) in [5, 5.41) is 2.84. The number of amides is 1. The Labute approximate surface area is 120 Å². The SMILES string of the molecule is CCOc1ccc(C(=O)NCC(C)(C)OCC)cc1N. The molecule has 0 aliphatic heterocycles. The molecule has 0 aromatic heterocycles. The molecule has 1 rings (SSSR count). The molecule has 0 aliphatic rings. The van der Waals surface area contributed by atoms with Crippen LogP contribution in [0.2, 0.25) is 0 Å². The second kappa shape index (κ2) is 7.14. The molecule has 0 unspecified atom stereocenters. The Hall–Kier alpha value is -1.75. The first kappa shape index (κ1) is 16.3. The summed E-state index contributed by atoms with van der Waals surface area (Å²) in [5.41, 5.74) is 6.43. The molecule has 0 saturated carbocycles. The average Bonchev–Trinajstić information content (AvgIpc) is 2.38. The maximum absolute atomic E-state index is 12.1. The van der Waals surface area contributed by atoms with Gasteiger partial charge in [-0.1, -0.05) is 0 Å². The van der Waals surface area contributed by atoms with E-state index in [-0.39, 0.29) is 11.5 Å². The van der Waals surface area contributed by atoms with Gasteiger partial charge in [-0.3, -0.25) is 4.79 Å². The predicted octanol–water partition coefficient (Wildman–Crippen LogP) is 2.21. The molecule has 0 atom stereocenters. The Morgan fingerprint density at radius 3 is 2.55 bits per heavy atom. The van der Waals surface area contributed by atoms with Crippen molar-refractivity contribution in [2.24, 2.45) is 0 Å². The highest BCUT2D eigenvalue weighted by atomic mass is 16.5. The molecule has 0 fully saturated rings. The standard InChI is InChI=1S/C15H24N2O3/c1-5-19-13-8-7-11(9-12(13)16)14(18)17-10-15(3,4)20-6-2/h7-9H,5-6,10,16H2,1-4H3,(H,17,18). The van der Waals surface area contributed by atoms with Gasteiger partial charge < -0.3 is 20.5 Å². The molecule has 0 radical (unpaired) electrons. The van der Waals surface area contributed by atoms with E-state index in [2.05, 4.69) is 5.32 Å². The van der Waals surface area contributed by atoms with Gasteiger partial charge in [0.05, 0.1) is 17.9 Å². The lowest BCUT2D eigenvalue weighted by Crippen LogP contribution is -2.40. The van der Waals surface area contributed by atoms with Crippen molar-refractivity contribution in [1.82, 2.24) is 5.32 Å². The van der Waals surface area contributed by atoms with Crippen LogP contribution in [0.25, 0.3) is 0 Å². The predicted molar refractivity (Wildman–Crippen MR) is 80.1 cm³/mol. The van der Waals surface area contributed by atoms with Gasteiger partial charge in [0.2, 0.25) is 0 Å². The van der Waals surface area contributed by atoms with Gasteiger partial charge in [-0.2, -0.15) is 0 Å². The third-order valence-electron chi connectivity index (χ3n) is 2.78. The van der Waals surface area contributed by atoms with E-state index in [0.29, 0.717) is 36.8 Å². The Bertz CT molecular complexity index is 458. The number of ether oxygens (including phenoxy) is 2. The second-order valence-corrected chi connectivity index (χ2v) is 5.06. The summed E-state index contributed by atoms with van der Waals surface area (Å²) < 4.78 is 10.9. The highest BCUT2D eigenvalue weighted by molar-refractivity contribution is 5.95. The summed E-state index contributed by atoms with van der Waals surface area (Å²) in [4.78, 5) is 12.1. The highest BCUT2D eigenvalue weighted by Gasteiger charge is 2.19. The zero-order chi connectivity index (χ0) is 15.2. The van der Waals surface area contributed by atoms with E-state index in [9.17, 15) is 4.79 Å². The molecule has 5 nitrogen and oxygen atoms in total. The van der Waals surface area contributed by atoms with E-state index < -0.39 is 0 Å². The molecule has 1 aromatic rings. The van der Waals surface area contributed by atoms with Crippen LogP contribution in [0, 0.1) is 0 Å². The fraction of sp³-hybridized carbons (Fsp3) is 0.533. The van der Waals surface area contributed by atoms with Crippen molar-refractivity contribution in [2.45, 2.75) is 33.3 Å². The minimum absolute atomic E-state index is 0.174. The summed E-state index contributed by atoms with van der Waals surface area (Å²) in [6.07, 6.45) is 0. The number of hydrogen-bond acceptors (Lipinski definition) is 4. The molecule has 20 heavy (non-hydrogen) atoms. The molecule has 1 amide bonds. The number of nitrogen functional groups attached to an aromatic ring is 1. The van der Waals surface area contributed by atoms with Gasteiger partial charge >= 0.3 is 0 Å². The smallest absolute Gasteiger partial charge is 0.251 e. The van der Waals surface area contributed by atoms with Crippen molar-refractivity contribution in [3.05, 3.63) is 23.8 Å². The monoisotopic (exact) mass is 280 g/mol. The van der Waals surface area contributed by atoms with Crippen molar-refractivity contribution in [2.75, 3.05) is 25.5 Å². The van der Waals surface area contributed by atoms with Crippen LogP contribution >= 0.6 is 0 Å². The van der Waals surface area contributed by atoms with Crippen LogP contribution in [0.4, 0.5) is 5.69 Å². The lowest BCUT2D eigenvalue weighted by molar-refractivity contribution is -0.00815. The van der Waals surface area contributed by atoms with Crippen LogP contribution < -0.4 is 15.8 Å². The molecule has 112 valence electrons. The van der Waals surface area contributed by atoms with Gasteiger partial charge in [0.25, 0.3) is 5.91 Å². The Morgan fingerprint density at radius 1 is 1.30 bits per heavy atom. The maximum Gasteiger partial charge on any atom is 0.251 e. The zero-order valence-corrected chi connectivity index (χ0v) is 12.7. The van der Waals surface area contributed by atoms with E-state index in [1.165, 1.54) is 0 Å². The van der Waals surface area contributed by atoms with Crippen LogP contribution in [-0.4, -0.2) is 31.3 Å². The van der Waals surface area contributed by atoms with Gasteiger partial charge in [-0.05, 0) is 45.9 Å². The summed E-state index contributed by atoms with van der Waals surface area (Å²) in [7, 11) is 0. The fourth-order valence-electron chi connectivity index (χ4n) is 1.81. The largest absolute Gasteiger partial charge is 0.492 e. The van der Waals surface area contributed by atoms with E-state index in [1.54, 1.807) is 18.2 Å². The van der Waals surface area contributed by atoms with Gasteiger partial charge in [-0.15, -0.1) is 0 Å². The summed E-state index contributed by atoms with van der Waals surface area (Å²) in [5.74, 6) is 0.422. The molecule has 0 spiro atoms. The van der Waals surface area contributed by atoms with E-state index in [1.807, 2.05) is 27.7 Å². The third-order valence-corrected chi connectivity index (χ3v) is 2.78. The third kappa shape index (κ3) is 4.74. The Kier molecular flexibility index (Phi) is 5.82. The Balaban J connectivity index is 2.66. The number of carbonyl (C=O) groups is 1. The molecular formula is C15H24N2O3. The molecule has 0 heterocycles. The Morgan fingerprint density at radius 2 is 2.00 bits per heavy atom. The minimum atomic E-state index is -0.388. The first-order valence-corrected chi connectivity index (χ1v) is 6.84. The quantitative estimate of drug-likeness (QED) is 0.751. The van der Waals surface area contributed by atoms with Gasteiger partial charge in [-0.25, -0.2) is 0 Å². The average molecular weight is 280 g/mol. The van der Waals surface area contributed by atoms with Gasteiger partial charge in [0.1, 0.15) is 5.75 Å². The van der Waals surface area contributed by atoms with Crippen molar-refractivity contribution in [1.29, 1.82) is 0 Å². The van der Waals surface area contributed by atoms with Crippen molar-refractivity contribution >= 4 is 11.6 Å². The van der Waals surface area contributed by atoms with E-state index in [0.717, 1.165) is 0 Å². The first-order valence-electron chi connectivity index (χ1n) is 6.84. The maximum atomic E-state index is 12.1. The van der Waals surface area contributed by atoms with Crippen LogP contribution in [0.1, 0.15) is 38.1 Å². The summed E-state index contributed by atoms with van der Waals surface area (Å²) in [6.45, 7) is 9.27. The van der Waals surface area contributed by atoms with Crippen molar-refractivity contribution in [3.63, 3.8) is 0 Å². The second-order valence-electron chi connectivity index (χ2n) is 5.06. The molecular weight excluding hydrogens is 256 g/mol.